The van der Waals surface area contributed by atoms with E-state index in [1.165, 1.54) is 12.1 Å². The minimum atomic E-state index is -0.259. The summed E-state index contributed by atoms with van der Waals surface area (Å²) in [5.74, 6) is 5.34. The van der Waals surface area contributed by atoms with E-state index >= 15 is 0 Å². The van der Waals surface area contributed by atoms with Gasteiger partial charge in [0.25, 0.3) is 0 Å². The highest BCUT2D eigenvalue weighted by Gasteiger charge is 2.15. The van der Waals surface area contributed by atoms with Crippen molar-refractivity contribution < 1.29 is 4.39 Å². The van der Waals surface area contributed by atoms with Gasteiger partial charge >= 0.3 is 0 Å². The molecule has 0 aliphatic rings. The van der Waals surface area contributed by atoms with Crippen LogP contribution in [0.3, 0.4) is 0 Å². The largest absolute Gasteiger partial charge is 0.271 e. The smallest absolute Gasteiger partial charge is 0.124 e. The Morgan fingerprint density at radius 2 is 2.00 bits per heavy atom. The molecule has 0 saturated carbocycles. The number of hydrogen-bond acceptors (Lipinski definition) is 2. The highest BCUT2D eigenvalue weighted by Crippen LogP contribution is 2.27. The Bertz CT molecular complexity index is 562. The van der Waals surface area contributed by atoms with Crippen molar-refractivity contribution in [1.82, 2.24) is 5.43 Å². The van der Waals surface area contributed by atoms with E-state index in [1.54, 1.807) is 12.1 Å². The van der Waals surface area contributed by atoms with Crippen LogP contribution >= 0.6 is 34.2 Å². The second-order valence-corrected chi connectivity index (χ2v) is 5.42. The monoisotopic (exact) mass is 376 g/mol. The van der Waals surface area contributed by atoms with Crippen molar-refractivity contribution in [3.8, 4) is 0 Å². The third-order valence-corrected chi connectivity index (χ3v) is 3.79. The van der Waals surface area contributed by atoms with E-state index in [4.69, 9.17) is 17.4 Å². The minimum Gasteiger partial charge on any atom is -0.271 e. The first-order valence-corrected chi connectivity index (χ1v) is 6.74. The molecule has 0 spiro atoms. The molecule has 0 aliphatic heterocycles. The molecule has 0 aliphatic carbocycles. The van der Waals surface area contributed by atoms with Crippen LogP contribution in [0.15, 0.2) is 42.5 Å². The van der Waals surface area contributed by atoms with Gasteiger partial charge in [-0.25, -0.2) is 9.82 Å². The van der Waals surface area contributed by atoms with E-state index in [-0.39, 0.29) is 11.9 Å². The SMILES string of the molecule is NNC(c1cccc(Cl)c1)c1ccc(F)cc1I. The standard InChI is InChI=1S/C13H11ClFIN2/c14-9-3-1-2-8(6-9)13(18-17)11-5-4-10(15)7-12(11)16/h1-7,13,18H,17H2. The first-order valence-electron chi connectivity index (χ1n) is 5.28. The predicted molar refractivity (Wildman–Crippen MR) is 79.7 cm³/mol. The molecule has 2 rings (SSSR count). The molecule has 0 fully saturated rings. The zero-order valence-corrected chi connectivity index (χ0v) is 12.2. The van der Waals surface area contributed by atoms with E-state index in [1.807, 2.05) is 18.2 Å². The van der Waals surface area contributed by atoms with Crippen molar-refractivity contribution in [2.24, 2.45) is 5.84 Å². The van der Waals surface area contributed by atoms with E-state index < -0.39 is 0 Å². The van der Waals surface area contributed by atoms with Crippen molar-refractivity contribution in [2.45, 2.75) is 6.04 Å². The fourth-order valence-corrected chi connectivity index (χ4v) is 2.77. The average Bonchev–Trinajstić information content (AvgIpc) is 2.33. The van der Waals surface area contributed by atoms with Crippen molar-refractivity contribution in [1.29, 1.82) is 0 Å². The second-order valence-electron chi connectivity index (χ2n) is 3.82. The van der Waals surface area contributed by atoms with Crippen LogP contribution in [0.5, 0.6) is 0 Å². The Morgan fingerprint density at radius 3 is 2.61 bits per heavy atom. The maximum Gasteiger partial charge on any atom is 0.124 e. The van der Waals surface area contributed by atoms with Crippen LogP contribution in [0.25, 0.3) is 0 Å². The molecule has 0 saturated heterocycles. The van der Waals surface area contributed by atoms with E-state index in [0.29, 0.717) is 5.02 Å². The summed E-state index contributed by atoms with van der Waals surface area (Å²) in [6, 6.07) is 11.8. The number of hydrazine groups is 1. The van der Waals surface area contributed by atoms with Crippen LogP contribution in [-0.4, -0.2) is 0 Å². The molecule has 18 heavy (non-hydrogen) atoms. The van der Waals surface area contributed by atoms with Crippen LogP contribution in [0.4, 0.5) is 4.39 Å². The molecule has 2 nitrogen and oxygen atoms in total. The number of rotatable bonds is 3. The van der Waals surface area contributed by atoms with Gasteiger partial charge in [-0.05, 0) is 58.0 Å². The van der Waals surface area contributed by atoms with Crippen LogP contribution in [0, 0.1) is 9.39 Å². The molecule has 1 unspecified atom stereocenters. The summed E-state index contributed by atoms with van der Waals surface area (Å²) in [6.07, 6.45) is 0. The summed E-state index contributed by atoms with van der Waals surface area (Å²) >= 11 is 8.06. The van der Waals surface area contributed by atoms with Gasteiger partial charge in [0, 0.05) is 8.59 Å². The zero-order valence-electron chi connectivity index (χ0n) is 9.33. The van der Waals surface area contributed by atoms with Crippen LogP contribution in [0.1, 0.15) is 17.2 Å². The molecular formula is C13H11ClFIN2. The second kappa shape index (κ2) is 5.97. The number of nitrogens with two attached hydrogens (primary N) is 1. The minimum absolute atomic E-state index is 0.212. The first-order chi connectivity index (χ1) is 8.61. The number of halogens is 3. The third kappa shape index (κ3) is 3.00. The highest BCUT2D eigenvalue weighted by atomic mass is 127. The maximum atomic E-state index is 13.1. The van der Waals surface area contributed by atoms with Gasteiger partial charge in [-0.1, -0.05) is 29.8 Å². The molecule has 3 N–H and O–H groups in total. The average molecular weight is 377 g/mol. The summed E-state index contributed by atoms with van der Waals surface area (Å²) in [4.78, 5) is 0. The van der Waals surface area contributed by atoms with Gasteiger partial charge in [0.2, 0.25) is 0 Å². The zero-order chi connectivity index (χ0) is 13.1. The lowest BCUT2D eigenvalue weighted by Crippen LogP contribution is -2.29. The Kier molecular flexibility index (Phi) is 4.55. The molecule has 2 aromatic rings. The van der Waals surface area contributed by atoms with Gasteiger partial charge < -0.3 is 0 Å². The number of nitrogens with one attached hydrogen (secondary N) is 1. The molecule has 0 heterocycles. The van der Waals surface area contributed by atoms with Crippen molar-refractivity contribution in [2.75, 3.05) is 0 Å². The molecular weight excluding hydrogens is 366 g/mol. The Morgan fingerprint density at radius 1 is 1.22 bits per heavy atom. The van der Waals surface area contributed by atoms with Crippen molar-refractivity contribution in [3.63, 3.8) is 0 Å². The summed E-state index contributed by atoms with van der Waals surface area (Å²) < 4.78 is 13.9. The fraction of sp³-hybridized carbons (Fsp3) is 0.0769. The number of hydrogen-bond donors (Lipinski definition) is 2. The summed E-state index contributed by atoms with van der Waals surface area (Å²) in [5, 5.41) is 0.643. The fourth-order valence-electron chi connectivity index (χ4n) is 1.79. The Balaban J connectivity index is 2.45. The topological polar surface area (TPSA) is 38.0 Å². The quantitative estimate of drug-likeness (QED) is 0.488. The van der Waals surface area contributed by atoms with Gasteiger partial charge in [0.1, 0.15) is 5.82 Å². The van der Waals surface area contributed by atoms with Gasteiger partial charge in [-0.2, -0.15) is 0 Å². The highest BCUT2D eigenvalue weighted by molar-refractivity contribution is 14.1. The van der Waals surface area contributed by atoms with Gasteiger partial charge in [0.05, 0.1) is 6.04 Å². The van der Waals surface area contributed by atoms with Crippen molar-refractivity contribution in [3.05, 3.63) is 68.0 Å². The lowest BCUT2D eigenvalue weighted by atomic mass is 9.99. The maximum absolute atomic E-state index is 13.1. The van der Waals surface area contributed by atoms with Gasteiger partial charge in [-0.3, -0.25) is 5.84 Å². The van der Waals surface area contributed by atoms with Crippen LogP contribution in [-0.2, 0) is 0 Å². The van der Waals surface area contributed by atoms with Crippen LogP contribution in [0.2, 0.25) is 5.02 Å². The first kappa shape index (κ1) is 13.7. The summed E-state index contributed by atoms with van der Waals surface area (Å²) in [5.41, 5.74) is 4.59. The molecule has 5 heteroatoms. The van der Waals surface area contributed by atoms with Gasteiger partial charge in [-0.15, -0.1) is 0 Å². The lowest BCUT2D eigenvalue weighted by molar-refractivity contribution is 0.612. The molecule has 94 valence electrons. The molecule has 1 atom stereocenters. The molecule has 0 radical (unpaired) electrons. The van der Waals surface area contributed by atoms with Gasteiger partial charge in [0.15, 0.2) is 0 Å². The van der Waals surface area contributed by atoms with Crippen LogP contribution < -0.4 is 11.3 Å². The van der Waals surface area contributed by atoms with E-state index in [2.05, 4.69) is 28.0 Å². The third-order valence-electron chi connectivity index (χ3n) is 2.62. The summed E-state index contributed by atoms with van der Waals surface area (Å²) in [6.45, 7) is 0. The normalized spacial score (nSPS) is 12.4. The summed E-state index contributed by atoms with van der Waals surface area (Å²) in [7, 11) is 0. The Labute approximate surface area is 123 Å². The van der Waals surface area contributed by atoms with E-state index in [9.17, 15) is 4.39 Å². The predicted octanol–water partition coefficient (Wildman–Crippen LogP) is 3.64. The molecule has 2 aromatic carbocycles. The molecule has 0 bridgehead atoms. The Hall–Kier alpha value is -0.690. The molecule has 0 aromatic heterocycles. The van der Waals surface area contributed by atoms with E-state index in [0.717, 1.165) is 14.7 Å². The van der Waals surface area contributed by atoms with Crippen molar-refractivity contribution >= 4 is 34.2 Å². The lowest BCUT2D eigenvalue weighted by Gasteiger charge is -2.18. The number of benzene rings is 2. The molecule has 0 amide bonds.